The molecule has 0 aromatic carbocycles. The van der Waals surface area contributed by atoms with Crippen LogP contribution in [0.4, 0.5) is 0 Å². The monoisotopic (exact) mass is 928 g/mol. The molecule has 5 rings (SSSR count). The topological polar surface area (TPSA) is 175 Å². The van der Waals surface area contributed by atoms with Crippen molar-refractivity contribution < 1.29 is 57.9 Å². The normalized spacial score (nSPS) is 41.9. The molecule has 0 aromatic heterocycles. The van der Waals surface area contributed by atoms with E-state index in [-0.39, 0.29) is 48.4 Å². The van der Waals surface area contributed by atoms with Crippen molar-refractivity contribution in [2.24, 2.45) is 41.4 Å². The molecule has 1 aliphatic carbocycles. The lowest BCUT2D eigenvalue weighted by molar-refractivity contribution is -0.266. The number of ketones is 3. The van der Waals surface area contributed by atoms with E-state index in [1.807, 2.05) is 51.2 Å². The number of hydrogen-bond acceptors (Lipinski definition) is 13. The zero-order valence-electron chi connectivity index (χ0n) is 40.4. The molecule has 4 bridgehead atoms. The molecule has 4 aliphatic heterocycles. The van der Waals surface area contributed by atoms with E-state index in [0.717, 1.165) is 24.8 Å². The number of carbonyl (C=O) groups excluding carboxylic acids is 5. The fourth-order valence-electron chi connectivity index (χ4n) is 11.2. The number of amides is 1. The van der Waals surface area contributed by atoms with Crippen molar-refractivity contribution in [3.8, 4) is 0 Å². The zero-order chi connectivity index (χ0) is 47.7. The van der Waals surface area contributed by atoms with Crippen molar-refractivity contribution in [1.29, 1.82) is 0 Å². The van der Waals surface area contributed by atoms with Crippen LogP contribution < -0.4 is 0 Å². The van der Waals surface area contributed by atoms with Gasteiger partial charge < -0.3 is 38.8 Å². The number of aliphatic hydroxyl groups excluding tert-OH is 1. The Bertz CT molecular complexity index is 1810. The van der Waals surface area contributed by atoms with Gasteiger partial charge in [0.2, 0.25) is 5.79 Å². The Balaban J connectivity index is 1.51. The minimum absolute atomic E-state index is 0.0330. The maximum Gasteiger partial charge on any atom is 0.329 e. The van der Waals surface area contributed by atoms with Gasteiger partial charge in [0.25, 0.3) is 11.7 Å². The second-order valence-electron chi connectivity index (χ2n) is 19.7. The second kappa shape index (κ2) is 23.8. The molecule has 5 aliphatic rings. The Labute approximate surface area is 391 Å². The Kier molecular flexibility index (Phi) is 19.4. The lowest BCUT2D eigenvalue weighted by Gasteiger charge is -2.50. The van der Waals surface area contributed by atoms with Gasteiger partial charge in [-0.2, -0.15) is 11.8 Å². The molecule has 13 nitrogen and oxygen atoms in total. The van der Waals surface area contributed by atoms with Crippen LogP contribution in [0.3, 0.4) is 0 Å². The first-order chi connectivity index (χ1) is 30.9. The average Bonchev–Trinajstić information content (AvgIpc) is 3.29. The molecule has 16 atom stereocenters. The van der Waals surface area contributed by atoms with Crippen LogP contribution in [-0.2, 0) is 47.7 Å². The summed E-state index contributed by atoms with van der Waals surface area (Å²) in [5.41, 5.74) is 1.31. The van der Waals surface area contributed by atoms with Crippen LogP contribution in [0, 0.1) is 41.4 Å². The number of fused-ring (bicyclic) bond motifs is 4. The van der Waals surface area contributed by atoms with Gasteiger partial charge in [-0.15, -0.1) is 0 Å². The van der Waals surface area contributed by atoms with E-state index in [1.165, 1.54) is 12.0 Å². The molecule has 4 fully saturated rings. The van der Waals surface area contributed by atoms with Crippen LogP contribution in [0.5, 0.6) is 0 Å². The van der Waals surface area contributed by atoms with Crippen molar-refractivity contribution in [2.75, 3.05) is 34.1 Å². The molecule has 4 heterocycles. The summed E-state index contributed by atoms with van der Waals surface area (Å²) in [6, 6.07) is -1.08. The number of piperidine rings is 1. The third kappa shape index (κ3) is 12.6. The molecule has 14 heteroatoms. The number of nitrogens with zero attached hydrogens (tertiary/aromatic N) is 1. The van der Waals surface area contributed by atoms with Crippen molar-refractivity contribution in [3.63, 3.8) is 0 Å². The highest BCUT2D eigenvalue weighted by molar-refractivity contribution is 7.99. The summed E-state index contributed by atoms with van der Waals surface area (Å²) in [6.07, 6.45) is 15.3. The smallest absolute Gasteiger partial charge is 0.329 e. The molecular weight excluding hydrogens is 851 g/mol. The highest BCUT2D eigenvalue weighted by atomic mass is 32.2. The third-order valence-electron chi connectivity index (χ3n) is 15.2. The number of ether oxygens (including phenoxy) is 5. The van der Waals surface area contributed by atoms with Crippen molar-refractivity contribution in [1.82, 2.24) is 4.90 Å². The highest BCUT2D eigenvalue weighted by Gasteiger charge is 2.57. The fourth-order valence-corrected chi connectivity index (χ4v) is 12.1. The number of thioether (sulfide) groups is 1. The predicted molar refractivity (Wildman–Crippen MR) is 250 cm³/mol. The lowest BCUT2D eigenvalue weighted by Crippen LogP contribution is -2.65. The first kappa shape index (κ1) is 53.0. The van der Waals surface area contributed by atoms with Crippen molar-refractivity contribution in [2.45, 2.75) is 166 Å². The number of rotatable bonds is 6. The van der Waals surface area contributed by atoms with Crippen LogP contribution in [0.1, 0.15) is 112 Å². The van der Waals surface area contributed by atoms with Crippen LogP contribution in [0.25, 0.3) is 0 Å². The van der Waals surface area contributed by atoms with Gasteiger partial charge >= 0.3 is 5.97 Å². The van der Waals surface area contributed by atoms with Gasteiger partial charge in [0.05, 0.1) is 18.3 Å². The molecule has 1 saturated carbocycles. The van der Waals surface area contributed by atoms with Gasteiger partial charge in [0.15, 0.2) is 5.78 Å². The second-order valence-corrected chi connectivity index (χ2v) is 20.8. The van der Waals surface area contributed by atoms with Crippen molar-refractivity contribution >= 4 is 41.0 Å². The number of esters is 1. The Morgan fingerprint density at radius 1 is 0.877 bits per heavy atom. The first-order valence-electron chi connectivity index (χ1n) is 23.9. The van der Waals surface area contributed by atoms with Crippen LogP contribution >= 0.6 is 11.8 Å². The molecule has 65 heavy (non-hydrogen) atoms. The van der Waals surface area contributed by atoms with E-state index in [1.54, 1.807) is 52.8 Å². The van der Waals surface area contributed by atoms with Gasteiger partial charge in [0.1, 0.15) is 30.1 Å². The number of Topliss-reactive ketones (excluding diaryl/α,β-unsaturated/α-hetero) is 3. The molecule has 2 unspecified atom stereocenters. The number of carbonyl (C=O) groups is 5. The molecule has 0 aromatic rings. The standard InChI is InChI=1S/C51H77NO12S/c1-29-15-12-11-13-16-30(2)40(60-7)27-36-20-18-34(6)51(59,64-36)48(56)49(57)52-22-14-17-37-38(25-35-19-21-43(65-10)42(26-35)61-8)41(63-50(58)44(37)52)28-39(53)31(3)24-33(5)46(55)47(62-9)45(54)32(4)23-29/h11-13,15-16,24,29,31-32,34-38,40-44,46-47,55,59H,14,17-23,25-28H2,1-10H3/b13-11+,15-12+,30-16?,33-24+/t29-,31-,32-,34-,35+,36+,37-,38?,40+,41+,42-,43?,44+,46-,47+,51-/m1/s1. The molecule has 1 amide bonds. The van der Waals surface area contributed by atoms with E-state index >= 15 is 0 Å². The maximum absolute atomic E-state index is 14.5. The summed E-state index contributed by atoms with van der Waals surface area (Å²) in [4.78, 5) is 72.4. The molecular formula is C51H77NO12S. The van der Waals surface area contributed by atoms with Gasteiger partial charge in [0, 0.05) is 69.6 Å². The summed E-state index contributed by atoms with van der Waals surface area (Å²) < 4.78 is 29.9. The van der Waals surface area contributed by atoms with Gasteiger partial charge in [-0.1, -0.05) is 64.2 Å². The van der Waals surface area contributed by atoms with E-state index in [9.17, 15) is 34.2 Å². The largest absolute Gasteiger partial charge is 0.460 e. The summed E-state index contributed by atoms with van der Waals surface area (Å²) in [7, 11) is 4.72. The van der Waals surface area contributed by atoms with E-state index in [0.29, 0.717) is 55.8 Å². The maximum atomic E-state index is 14.5. The first-order valence-corrected chi connectivity index (χ1v) is 25.2. The summed E-state index contributed by atoms with van der Waals surface area (Å²) in [5.74, 6) is -7.91. The minimum Gasteiger partial charge on any atom is -0.460 e. The Hall–Kier alpha value is -2.98. The van der Waals surface area contributed by atoms with E-state index < -0.39 is 83.7 Å². The molecule has 3 saturated heterocycles. The SMILES string of the molecule is CO[C@H]1C[C@@H]2CC[C@@H](C)[C@@](O)(O2)C(=O)C(=O)N2CCC[C@@H]3C(C[C@@H]4CCC(SC)[C@H](OC)C4)[C@H](CC(=O)[C@H](C)/C=C(\C)[C@@H](O)[C@@H](OC)C(=O)[C@H](C)C[C@H](C)/C=C/C=C/C=C1C)OC(=O)[C@H]32. The van der Waals surface area contributed by atoms with Gasteiger partial charge in [-0.3, -0.25) is 19.2 Å². The van der Waals surface area contributed by atoms with E-state index in [4.69, 9.17) is 23.7 Å². The zero-order valence-corrected chi connectivity index (χ0v) is 41.3. The Morgan fingerprint density at radius 3 is 2.29 bits per heavy atom. The minimum atomic E-state index is -2.41. The van der Waals surface area contributed by atoms with Crippen LogP contribution in [-0.4, -0.2) is 132 Å². The molecule has 0 radical (unpaired) electrons. The number of methoxy groups -OCH3 is 3. The number of aliphatic hydroxyl groups is 2. The lowest BCUT2D eigenvalue weighted by atomic mass is 9.68. The summed E-state index contributed by atoms with van der Waals surface area (Å²) in [6.45, 7) is 11.0. The molecule has 2 N–H and O–H groups in total. The van der Waals surface area contributed by atoms with Gasteiger partial charge in [-0.05, 0) is 107 Å². The molecule has 364 valence electrons. The van der Waals surface area contributed by atoms with Crippen LogP contribution in [0.15, 0.2) is 47.6 Å². The van der Waals surface area contributed by atoms with Crippen LogP contribution in [0.2, 0.25) is 0 Å². The third-order valence-corrected chi connectivity index (χ3v) is 16.3. The summed E-state index contributed by atoms with van der Waals surface area (Å²) in [5, 5.41) is 23.9. The quantitative estimate of drug-likeness (QED) is 0.162. The Morgan fingerprint density at radius 2 is 1.62 bits per heavy atom. The highest BCUT2D eigenvalue weighted by Crippen LogP contribution is 2.46. The van der Waals surface area contributed by atoms with Gasteiger partial charge in [-0.25, -0.2) is 4.79 Å². The fraction of sp³-hybridized carbons (Fsp3) is 0.745. The number of allylic oxidation sites excluding steroid dienone is 6. The number of hydrogen-bond donors (Lipinski definition) is 2. The van der Waals surface area contributed by atoms with E-state index in [2.05, 4.69) is 6.26 Å². The molecule has 0 spiro atoms. The van der Waals surface area contributed by atoms with Crippen molar-refractivity contribution in [3.05, 3.63) is 47.6 Å². The average molecular weight is 928 g/mol. The predicted octanol–water partition coefficient (Wildman–Crippen LogP) is 6.77. The summed E-state index contributed by atoms with van der Waals surface area (Å²) >= 11 is 1.79.